The van der Waals surface area contributed by atoms with E-state index in [0.29, 0.717) is 12.8 Å². The van der Waals surface area contributed by atoms with E-state index in [-0.39, 0.29) is 13.2 Å². The van der Waals surface area contributed by atoms with Crippen LogP contribution < -0.4 is 10.6 Å². The van der Waals surface area contributed by atoms with Crippen LogP contribution in [0.4, 0.5) is 9.59 Å². The number of hydrogen-bond donors (Lipinski definition) is 2. The van der Waals surface area contributed by atoms with Gasteiger partial charge in [-0.15, -0.1) is 0 Å². The topological polar surface area (TPSA) is 129 Å². The van der Waals surface area contributed by atoms with Gasteiger partial charge in [-0.05, 0) is 51.7 Å². The van der Waals surface area contributed by atoms with Gasteiger partial charge in [0.05, 0.1) is 11.1 Å². The fourth-order valence-electron chi connectivity index (χ4n) is 3.25. The highest BCUT2D eigenvalue weighted by Crippen LogP contribution is 2.27. The summed E-state index contributed by atoms with van der Waals surface area (Å²) in [6.45, 7) is 17.4. The van der Waals surface area contributed by atoms with Crippen molar-refractivity contribution >= 4 is 24.1 Å². The molecule has 1 aromatic carbocycles. The molecule has 2 N–H and O–H groups in total. The van der Waals surface area contributed by atoms with Crippen LogP contribution in [0.15, 0.2) is 49.6 Å². The number of carbonyl (C=O) groups is 4. The van der Waals surface area contributed by atoms with Gasteiger partial charge in [-0.3, -0.25) is 0 Å². The molecule has 0 saturated carbocycles. The zero-order chi connectivity index (χ0) is 28.9. The molecule has 0 aromatic heterocycles. The lowest BCUT2D eigenvalue weighted by Gasteiger charge is -2.31. The zero-order valence-corrected chi connectivity index (χ0v) is 23.1. The average molecular weight is 533 g/mol. The summed E-state index contributed by atoms with van der Waals surface area (Å²) in [5, 5.41) is 5.68. The average Bonchev–Trinajstić information content (AvgIpc) is 2.87. The Balaban J connectivity index is 2.87. The summed E-state index contributed by atoms with van der Waals surface area (Å²) >= 11 is 0. The van der Waals surface area contributed by atoms with Crippen LogP contribution in [0.2, 0.25) is 0 Å². The molecule has 2 unspecified atom stereocenters. The number of esters is 2. The normalized spacial score (nSPS) is 12.8. The molecule has 0 radical (unpaired) electrons. The van der Waals surface area contributed by atoms with Crippen LogP contribution in [0.3, 0.4) is 0 Å². The third-order valence-corrected chi connectivity index (χ3v) is 5.75. The van der Waals surface area contributed by atoms with Gasteiger partial charge in [0, 0.05) is 12.2 Å². The molecule has 0 aliphatic rings. The number of alkyl carbamates (subject to hydrolysis) is 2. The van der Waals surface area contributed by atoms with Crippen molar-refractivity contribution in [3.8, 4) is 0 Å². The van der Waals surface area contributed by atoms with Gasteiger partial charge in [-0.1, -0.05) is 51.3 Å². The molecule has 0 bridgehead atoms. The number of rotatable bonds is 14. The maximum Gasteiger partial charge on any atom is 0.408 e. The van der Waals surface area contributed by atoms with Crippen molar-refractivity contribution in [2.75, 3.05) is 13.2 Å². The lowest BCUT2D eigenvalue weighted by Crippen LogP contribution is -2.44. The smallest absolute Gasteiger partial charge is 0.408 e. The molecular weight excluding hydrogens is 492 g/mol. The number of ether oxygens (including phenoxy) is 4. The Morgan fingerprint density at radius 1 is 0.789 bits per heavy atom. The van der Waals surface area contributed by atoms with Gasteiger partial charge in [0.15, 0.2) is 0 Å². The number of benzene rings is 1. The second-order valence-electron chi connectivity index (χ2n) is 9.62. The van der Waals surface area contributed by atoms with Crippen LogP contribution in [0, 0.1) is 0 Å². The monoisotopic (exact) mass is 532 g/mol. The van der Waals surface area contributed by atoms with Crippen molar-refractivity contribution in [2.24, 2.45) is 0 Å². The van der Waals surface area contributed by atoms with Gasteiger partial charge >= 0.3 is 24.1 Å². The van der Waals surface area contributed by atoms with Crippen molar-refractivity contribution in [3.05, 3.63) is 60.7 Å². The minimum absolute atomic E-state index is 0.0732. The van der Waals surface area contributed by atoms with E-state index >= 15 is 0 Å². The summed E-state index contributed by atoms with van der Waals surface area (Å²) in [7, 11) is 0. The molecule has 0 aliphatic carbocycles. The maximum atomic E-state index is 12.6. The quantitative estimate of drug-likeness (QED) is 0.202. The van der Waals surface area contributed by atoms with Crippen LogP contribution in [0.25, 0.3) is 0 Å². The summed E-state index contributed by atoms with van der Waals surface area (Å²) in [4.78, 5) is 47.8. The third kappa shape index (κ3) is 10.7. The van der Waals surface area contributed by atoms with E-state index in [4.69, 9.17) is 18.9 Å². The zero-order valence-electron chi connectivity index (χ0n) is 23.1. The van der Waals surface area contributed by atoms with Gasteiger partial charge in [0.25, 0.3) is 0 Å². The van der Waals surface area contributed by atoms with Crippen LogP contribution in [-0.2, 0) is 39.6 Å². The number of nitrogens with one attached hydrogen (secondary N) is 2. The molecule has 0 saturated heterocycles. The minimum atomic E-state index is -0.831. The summed E-state index contributed by atoms with van der Waals surface area (Å²) in [5.41, 5.74) is -0.127. The molecular formula is C28H40N2O8. The predicted octanol–water partition coefficient (Wildman–Crippen LogP) is 4.62. The highest BCUT2D eigenvalue weighted by molar-refractivity contribution is 5.81. The Kier molecular flexibility index (Phi) is 12.5. The second-order valence-corrected chi connectivity index (χ2v) is 9.62. The van der Waals surface area contributed by atoms with E-state index in [1.807, 2.05) is 65.8 Å². The summed E-state index contributed by atoms with van der Waals surface area (Å²) in [5.74, 6) is -1.18. The molecule has 10 nitrogen and oxygen atoms in total. The first-order valence-electron chi connectivity index (χ1n) is 12.4. The molecule has 1 aromatic rings. The van der Waals surface area contributed by atoms with E-state index in [9.17, 15) is 19.2 Å². The third-order valence-electron chi connectivity index (χ3n) is 5.75. The van der Waals surface area contributed by atoms with Crippen LogP contribution >= 0.6 is 0 Å². The Hall–Kier alpha value is -3.82. The van der Waals surface area contributed by atoms with Gasteiger partial charge in [0.2, 0.25) is 0 Å². The van der Waals surface area contributed by atoms with Gasteiger partial charge in [-0.2, -0.15) is 0 Å². The molecule has 2 atom stereocenters. The second kappa shape index (κ2) is 14.8. The summed E-state index contributed by atoms with van der Waals surface area (Å²) in [6.07, 6.45) is 0.462. The Labute approximate surface area is 224 Å². The first kappa shape index (κ1) is 32.2. The fraction of sp³-hybridized carbons (Fsp3) is 0.500. The van der Waals surface area contributed by atoms with Crippen molar-refractivity contribution in [1.29, 1.82) is 0 Å². The van der Waals surface area contributed by atoms with Crippen LogP contribution in [-0.4, -0.2) is 49.5 Å². The lowest BCUT2D eigenvalue weighted by atomic mass is 9.87. The van der Waals surface area contributed by atoms with Crippen molar-refractivity contribution < 1.29 is 38.1 Å². The first-order chi connectivity index (χ1) is 17.8. The Morgan fingerprint density at radius 2 is 1.16 bits per heavy atom. The molecule has 38 heavy (non-hydrogen) atoms. The van der Waals surface area contributed by atoms with E-state index in [2.05, 4.69) is 23.8 Å². The number of hydrogen-bond acceptors (Lipinski definition) is 8. The lowest BCUT2D eigenvalue weighted by molar-refractivity contribution is -0.141. The van der Waals surface area contributed by atoms with E-state index < -0.39 is 47.4 Å². The highest BCUT2D eigenvalue weighted by Gasteiger charge is 2.29. The number of carbonyl (C=O) groups excluding carboxylic acids is 4. The summed E-state index contributed by atoms with van der Waals surface area (Å²) in [6, 6.07) is 7.39. The predicted molar refractivity (Wildman–Crippen MR) is 142 cm³/mol. The minimum Gasteiger partial charge on any atom is -0.459 e. The molecule has 210 valence electrons. The van der Waals surface area contributed by atoms with Crippen LogP contribution in [0.1, 0.15) is 65.5 Å². The molecule has 0 fully saturated rings. The van der Waals surface area contributed by atoms with Crippen molar-refractivity contribution in [2.45, 2.75) is 77.7 Å². The number of amides is 2. The Morgan fingerprint density at radius 3 is 1.47 bits per heavy atom. The Bertz CT molecular complexity index is 927. The summed E-state index contributed by atoms with van der Waals surface area (Å²) < 4.78 is 20.8. The molecule has 0 heterocycles. The largest absolute Gasteiger partial charge is 0.459 e. The van der Waals surface area contributed by atoms with Gasteiger partial charge in [-0.25, -0.2) is 19.2 Å². The fourth-order valence-corrected chi connectivity index (χ4v) is 3.25. The molecule has 1 rings (SSSR count). The molecule has 2 amide bonds. The first-order valence-corrected chi connectivity index (χ1v) is 12.4. The van der Waals surface area contributed by atoms with E-state index in [0.717, 1.165) is 23.3 Å². The SMILES string of the molecule is C=CC(=O)OCC(CC)OC(=O)NC(C)(C)c1cccc(C(C)(C)NC(=O)OC(CC)COC(=O)C=C)c1. The van der Waals surface area contributed by atoms with Gasteiger partial charge in [0.1, 0.15) is 25.4 Å². The maximum absolute atomic E-state index is 12.6. The molecule has 0 spiro atoms. The van der Waals surface area contributed by atoms with Crippen molar-refractivity contribution in [3.63, 3.8) is 0 Å². The van der Waals surface area contributed by atoms with Gasteiger partial charge < -0.3 is 29.6 Å². The standard InChI is InChI=1S/C28H40N2O8/c1-9-21(17-35-23(31)11-3)37-25(33)29-27(5,6)19-14-13-15-20(16-19)28(7,8)30-26(34)38-22(10-2)18-36-24(32)12-4/h11-16,21-22H,3-4,9-10,17-18H2,1-2,5-8H3,(H,29,33)(H,30,34). The molecule has 0 aliphatic heterocycles. The van der Waals surface area contributed by atoms with Crippen molar-refractivity contribution in [1.82, 2.24) is 10.6 Å². The van der Waals surface area contributed by atoms with E-state index in [1.165, 1.54) is 0 Å². The highest BCUT2D eigenvalue weighted by atomic mass is 16.6. The molecule has 10 heteroatoms. The van der Waals surface area contributed by atoms with E-state index in [1.54, 1.807) is 0 Å². The van der Waals surface area contributed by atoms with Crippen LogP contribution in [0.5, 0.6) is 0 Å².